The molecule has 2 heteroatoms. The minimum Gasteiger partial charge on any atom is -0.507 e. The van der Waals surface area contributed by atoms with Gasteiger partial charge in [0.25, 0.3) is 0 Å². The van der Waals surface area contributed by atoms with Crippen molar-refractivity contribution in [1.29, 1.82) is 0 Å². The number of anilines is 1. The Morgan fingerprint density at radius 1 is 1.40 bits per heavy atom. The van der Waals surface area contributed by atoms with Crippen LogP contribution in [0.5, 0.6) is 5.75 Å². The van der Waals surface area contributed by atoms with E-state index in [4.69, 9.17) is 5.73 Å². The molecule has 0 bridgehead atoms. The maximum absolute atomic E-state index is 10.1. The van der Waals surface area contributed by atoms with Crippen LogP contribution >= 0.6 is 0 Å². The van der Waals surface area contributed by atoms with Crippen molar-refractivity contribution >= 4 is 5.69 Å². The minimum absolute atomic E-state index is 0.102. The zero-order valence-electron chi connectivity index (χ0n) is 9.67. The van der Waals surface area contributed by atoms with Gasteiger partial charge in [-0.05, 0) is 29.5 Å². The number of hydrogen-bond acceptors (Lipinski definition) is 2. The highest BCUT2D eigenvalue weighted by Gasteiger charge is 2.20. The summed E-state index contributed by atoms with van der Waals surface area (Å²) in [7, 11) is 0. The lowest BCUT2D eigenvalue weighted by atomic mass is 9.84. The smallest absolute Gasteiger partial charge is 0.122 e. The van der Waals surface area contributed by atoms with Gasteiger partial charge in [0.2, 0.25) is 0 Å². The van der Waals surface area contributed by atoms with Crippen LogP contribution in [0.1, 0.15) is 31.9 Å². The van der Waals surface area contributed by atoms with Crippen molar-refractivity contribution < 1.29 is 5.11 Å². The van der Waals surface area contributed by atoms with E-state index in [2.05, 4.69) is 27.4 Å². The Morgan fingerprint density at radius 2 is 2.00 bits per heavy atom. The van der Waals surface area contributed by atoms with E-state index in [1.807, 2.05) is 6.07 Å². The molecule has 3 N–H and O–H groups in total. The van der Waals surface area contributed by atoms with Gasteiger partial charge in [0.1, 0.15) is 5.75 Å². The summed E-state index contributed by atoms with van der Waals surface area (Å²) in [5.74, 6) is 0.344. The Labute approximate surface area is 91.4 Å². The summed E-state index contributed by atoms with van der Waals surface area (Å²) in [6.07, 6.45) is 2.40. The quantitative estimate of drug-likeness (QED) is 0.443. The lowest BCUT2D eigenvalue weighted by molar-refractivity contribution is 0.442. The normalized spacial score (nSPS) is 11.4. The number of rotatable bonds is 2. The number of hydrogen-bond donors (Lipinski definition) is 2. The third-order valence-electron chi connectivity index (χ3n) is 2.38. The van der Waals surface area contributed by atoms with Gasteiger partial charge < -0.3 is 10.8 Å². The Kier molecular flexibility index (Phi) is 3.08. The average molecular weight is 205 g/mol. The molecule has 0 unspecified atom stereocenters. The SMILES string of the molecule is C=CCc1cc(N)cc(C(C)(C)C)c1O. The van der Waals surface area contributed by atoms with E-state index >= 15 is 0 Å². The van der Waals surface area contributed by atoms with Crippen molar-refractivity contribution in [2.45, 2.75) is 32.6 Å². The van der Waals surface area contributed by atoms with E-state index in [9.17, 15) is 5.11 Å². The Morgan fingerprint density at radius 3 is 2.47 bits per heavy atom. The Balaban J connectivity index is 3.34. The van der Waals surface area contributed by atoms with Crippen LogP contribution in [0.15, 0.2) is 24.8 Å². The third kappa shape index (κ3) is 2.52. The van der Waals surface area contributed by atoms with Crippen LogP contribution in [0.25, 0.3) is 0 Å². The van der Waals surface area contributed by atoms with Crippen LogP contribution in [0.3, 0.4) is 0 Å². The van der Waals surface area contributed by atoms with Gasteiger partial charge in [0.15, 0.2) is 0 Å². The molecular weight excluding hydrogens is 186 g/mol. The summed E-state index contributed by atoms with van der Waals surface area (Å²) in [5, 5.41) is 10.1. The molecule has 0 saturated heterocycles. The molecule has 0 aliphatic rings. The number of nitrogen functional groups attached to an aromatic ring is 1. The summed E-state index contributed by atoms with van der Waals surface area (Å²) in [5.41, 5.74) is 8.13. The predicted molar refractivity (Wildman–Crippen MR) is 65.1 cm³/mol. The van der Waals surface area contributed by atoms with Gasteiger partial charge in [-0.15, -0.1) is 6.58 Å². The molecule has 82 valence electrons. The molecule has 1 aromatic carbocycles. The minimum atomic E-state index is -0.102. The fraction of sp³-hybridized carbons (Fsp3) is 0.385. The van der Waals surface area contributed by atoms with Gasteiger partial charge >= 0.3 is 0 Å². The summed E-state index contributed by atoms with van der Waals surface area (Å²) in [6, 6.07) is 3.63. The predicted octanol–water partition coefficient (Wildman–Crippen LogP) is 3.00. The summed E-state index contributed by atoms with van der Waals surface area (Å²) < 4.78 is 0. The van der Waals surface area contributed by atoms with Gasteiger partial charge in [-0.3, -0.25) is 0 Å². The van der Waals surface area contributed by atoms with E-state index < -0.39 is 0 Å². The molecular formula is C13H19NO. The molecule has 15 heavy (non-hydrogen) atoms. The van der Waals surface area contributed by atoms with Gasteiger partial charge in [-0.25, -0.2) is 0 Å². The molecule has 0 aliphatic carbocycles. The maximum Gasteiger partial charge on any atom is 0.122 e. The van der Waals surface area contributed by atoms with E-state index in [0.717, 1.165) is 11.1 Å². The summed E-state index contributed by atoms with van der Waals surface area (Å²) in [6.45, 7) is 9.83. The first-order valence-corrected chi connectivity index (χ1v) is 5.09. The molecule has 0 radical (unpaired) electrons. The van der Waals surface area contributed by atoms with Crippen LogP contribution < -0.4 is 5.73 Å². The number of benzene rings is 1. The third-order valence-corrected chi connectivity index (χ3v) is 2.38. The highest BCUT2D eigenvalue weighted by Crippen LogP contribution is 2.35. The van der Waals surface area contributed by atoms with E-state index in [0.29, 0.717) is 17.9 Å². The van der Waals surface area contributed by atoms with Crippen LogP contribution in [0.2, 0.25) is 0 Å². The standard InChI is InChI=1S/C13H19NO/c1-5-6-9-7-10(14)8-11(12(9)15)13(2,3)4/h5,7-8,15H,1,6,14H2,2-4H3. The van der Waals surface area contributed by atoms with Gasteiger partial charge in [-0.1, -0.05) is 26.8 Å². The summed E-state index contributed by atoms with van der Waals surface area (Å²) in [4.78, 5) is 0. The number of allylic oxidation sites excluding steroid dienone is 1. The second kappa shape index (κ2) is 3.97. The molecule has 0 aromatic heterocycles. The Bertz CT molecular complexity index is 375. The van der Waals surface area contributed by atoms with E-state index in [1.54, 1.807) is 12.1 Å². The molecule has 0 fully saturated rings. The topological polar surface area (TPSA) is 46.2 Å². The van der Waals surface area contributed by atoms with Gasteiger partial charge in [0.05, 0.1) is 0 Å². The largest absolute Gasteiger partial charge is 0.507 e. The molecule has 0 heterocycles. The zero-order chi connectivity index (χ0) is 11.6. The molecule has 1 rings (SSSR count). The second-order valence-electron chi connectivity index (χ2n) is 4.82. The molecule has 0 atom stereocenters. The first-order chi connectivity index (χ1) is 6.86. The van der Waals surface area contributed by atoms with E-state index in [1.165, 1.54) is 0 Å². The van der Waals surface area contributed by atoms with Crippen molar-refractivity contribution in [2.75, 3.05) is 5.73 Å². The van der Waals surface area contributed by atoms with Crippen LogP contribution in [0.4, 0.5) is 5.69 Å². The van der Waals surface area contributed by atoms with Crippen molar-refractivity contribution in [3.63, 3.8) is 0 Å². The highest BCUT2D eigenvalue weighted by molar-refractivity contribution is 5.55. The highest BCUT2D eigenvalue weighted by atomic mass is 16.3. The van der Waals surface area contributed by atoms with Crippen LogP contribution in [0, 0.1) is 0 Å². The van der Waals surface area contributed by atoms with Crippen LogP contribution in [-0.2, 0) is 11.8 Å². The summed E-state index contributed by atoms with van der Waals surface area (Å²) >= 11 is 0. The first-order valence-electron chi connectivity index (χ1n) is 5.09. The molecule has 0 aliphatic heterocycles. The fourth-order valence-corrected chi connectivity index (χ4v) is 1.60. The lowest BCUT2D eigenvalue weighted by Crippen LogP contribution is -2.12. The maximum atomic E-state index is 10.1. The van der Waals surface area contributed by atoms with Crippen molar-refractivity contribution in [3.8, 4) is 5.75 Å². The monoisotopic (exact) mass is 205 g/mol. The molecule has 2 nitrogen and oxygen atoms in total. The lowest BCUT2D eigenvalue weighted by Gasteiger charge is -2.22. The van der Waals surface area contributed by atoms with Crippen LogP contribution in [-0.4, -0.2) is 5.11 Å². The average Bonchev–Trinajstić information content (AvgIpc) is 2.09. The Hall–Kier alpha value is -1.44. The number of aromatic hydroxyl groups is 1. The molecule has 1 aromatic rings. The first kappa shape index (κ1) is 11.6. The number of phenols is 1. The second-order valence-corrected chi connectivity index (χ2v) is 4.82. The molecule has 0 spiro atoms. The molecule has 0 saturated carbocycles. The van der Waals surface area contributed by atoms with Gasteiger partial charge in [0, 0.05) is 11.3 Å². The van der Waals surface area contributed by atoms with E-state index in [-0.39, 0.29) is 5.41 Å². The number of phenolic OH excluding ortho intramolecular Hbond substituents is 1. The molecule has 0 amide bonds. The number of nitrogens with two attached hydrogens (primary N) is 1. The van der Waals surface area contributed by atoms with Crippen molar-refractivity contribution in [1.82, 2.24) is 0 Å². The zero-order valence-corrected chi connectivity index (χ0v) is 9.67. The van der Waals surface area contributed by atoms with Gasteiger partial charge in [-0.2, -0.15) is 0 Å². The van der Waals surface area contributed by atoms with Crippen molar-refractivity contribution in [2.24, 2.45) is 0 Å². The van der Waals surface area contributed by atoms with Crippen molar-refractivity contribution in [3.05, 3.63) is 35.9 Å². The fourth-order valence-electron chi connectivity index (χ4n) is 1.60.